The monoisotopic (exact) mass is 520 g/mol. The lowest BCUT2D eigenvalue weighted by molar-refractivity contribution is 0.187. The number of nitrogens with zero attached hydrogens (tertiary/aromatic N) is 4. The minimum Gasteiger partial charge on any atom is -0.497 e. The van der Waals surface area contributed by atoms with Gasteiger partial charge in [0.25, 0.3) is 5.56 Å². The highest BCUT2D eigenvalue weighted by molar-refractivity contribution is 7.99. The van der Waals surface area contributed by atoms with Crippen molar-refractivity contribution >= 4 is 40.1 Å². The number of methoxy groups -OCH3 is 1. The highest BCUT2D eigenvalue weighted by Gasteiger charge is 2.46. The predicted molar refractivity (Wildman–Crippen MR) is 141 cm³/mol. The van der Waals surface area contributed by atoms with Gasteiger partial charge in [0.15, 0.2) is 0 Å². The van der Waals surface area contributed by atoms with E-state index in [1.54, 1.807) is 25.6 Å². The van der Waals surface area contributed by atoms with E-state index in [1.807, 2.05) is 12.1 Å². The Labute approximate surface area is 217 Å². The fourth-order valence-corrected chi connectivity index (χ4v) is 6.58. The van der Waals surface area contributed by atoms with Gasteiger partial charge >= 0.3 is 0 Å². The summed E-state index contributed by atoms with van der Waals surface area (Å²) in [7, 11) is 1.69. The van der Waals surface area contributed by atoms with Gasteiger partial charge in [0.2, 0.25) is 0 Å². The molecule has 4 aromatic rings. The Morgan fingerprint density at radius 2 is 2.00 bits per heavy atom. The fourth-order valence-electron chi connectivity index (χ4n) is 5.46. The third-order valence-electron chi connectivity index (χ3n) is 7.51. The van der Waals surface area contributed by atoms with E-state index in [9.17, 15) is 4.79 Å². The first-order valence-electron chi connectivity index (χ1n) is 11.8. The second kappa shape index (κ2) is 9.06. The molecule has 2 aliphatic rings. The molecule has 1 spiro atoms. The molecule has 3 N–H and O–H groups in total. The molecule has 8 nitrogen and oxygen atoms in total. The number of aromatic amines is 1. The van der Waals surface area contributed by atoms with E-state index in [2.05, 4.69) is 37.0 Å². The van der Waals surface area contributed by atoms with Crippen LogP contribution in [0.4, 0.5) is 5.82 Å². The van der Waals surface area contributed by atoms with Gasteiger partial charge in [0.1, 0.15) is 16.6 Å². The van der Waals surface area contributed by atoms with E-state index in [-0.39, 0.29) is 17.0 Å². The zero-order valence-corrected chi connectivity index (χ0v) is 21.3. The number of nitrogens with one attached hydrogen (secondary N) is 1. The number of ether oxygens (including phenoxy) is 1. The molecule has 0 radical (unpaired) electrons. The molecule has 184 valence electrons. The molecule has 1 aliphatic heterocycles. The molecular formula is C26H25ClN6O2S. The molecule has 1 atom stereocenters. The SMILES string of the molecule is COc1ccc2c(c1)[C@@H](N)C1(CCN(c3cnc(Sc4ccc5nc[nH]c(=O)c5c4Cl)cn3)CC1)C2. The molecule has 2 aromatic heterocycles. The zero-order chi connectivity index (χ0) is 24.9. The summed E-state index contributed by atoms with van der Waals surface area (Å²) in [6, 6.07) is 9.92. The van der Waals surface area contributed by atoms with Crippen molar-refractivity contribution in [1.29, 1.82) is 0 Å². The number of H-pyrrole nitrogens is 1. The Hall–Kier alpha value is -3.14. The maximum atomic E-state index is 12.2. The van der Waals surface area contributed by atoms with Crippen LogP contribution in [0.25, 0.3) is 10.9 Å². The van der Waals surface area contributed by atoms with Crippen LogP contribution in [0.1, 0.15) is 30.0 Å². The van der Waals surface area contributed by atoms with Crippen molar-refractivity contribution in [2.75, 3.05) is 25.1 Å². The van der Waals surface area contributed by atoms with Crippen molar-refractivity contribution < 1.29 is 4.74 Å². The van der Waals surface area contributed by atoms with Gasteiger partial charge in [-0.15, -0.1) is 0 Å². The van der Waals surface area contributed by atoms with E-state index in [0.717, 1.165) is 48.8 Å². The Balaban J connectivity index is 1.15. The minimum absolute atomic E-state index is 0.0174. The smallest absolute Gasteiger partial charge is 0.260 e. The second-order valence-corrected chi connectivity index (χ2v) is 10.8. The van der Waals surface area contributed by atoms with E-state index in [4.69, 9.17) is 22.1 Å². The van der Waals surface area contributed by atoms with Crippen molar-refractivity contribution in [2.24, 2.45) is 11.1 Å². The maximum absolute atomic E-state index is 12.2. The van der Waals surface area contributed by atoms with Crippen LogP contribution >= 0.6 is 23.4 Å². The number of benzene rings is 2. The summed E-state index contributed by atoms with van der Waals surface area (Å²) in [6.07, 6.45) is 7.93. The lowest BCUT2D eigenvalue weighted by Crippen LogP contribution is -2.44. The largest absolute Gasteiger partial charge is 0.497 e. The summed E-state index contributed by atoms with van der Waals surface area (Å²) in [5.41, 5.74) is 9.70. The number of nitrogens with two attached hydrogens (primary N) is 1. The van der Waals surface area contributed by atoms with Gasteiger partial charge in [-0.05, 0) is 60.1 Å². The van der Waals surface area contributed by atoms with Gasteiger partial charge in [-0.25, -0.2) is 15.0 Å². The van der Waals surface area contributed by atoms with Gasteiger partial charge in [0.05, 0.1) is 41.8 Å². The molecule has 1 saturated heterocycles. The van der Waals surface area contributed by atoms with Crippen LogP contribution in [0.5, 0.6) is 5.75 Å². The van der Waals surface area contributed by atoms with E-state index in [0.29, 0.717) is 21.0 Å². The van der Waals surface area contributed by atoms with Crippen molar-refractivity contribution in [2.45, 2.75) is 35.2 Å². The number of hydrogen-bond acceptors (Lipinski definition) is 8. The number of rotatable bonds is 4. The molecule has 3 heterocycles. The van der Waals surface area contributed by atoms with Crippen LogP contribution in [-0.2, 0) is 6.42 Å². The summed E-state index contributed by atoms with van der Waals surface area (Å²) < 4.78 is 5.41. The van der Waals surface area contributed by atoms with Crippen molar-refractivity contribution in [1.82, 2.24) is 19.9 Å². The number of halogens is 1. The molecule has 6 rings (SSSR count). The van der Waals surface area contributed by atoms with Crippen LogP contribution in [-0.4, -0.2) is 40.1 Å². The summed E-state index contributed by atoms with van der Waals surface area (Å²) in [4.78, 5) is 31.2. The highest BCUT2D eigenvalue weighted by Crippen LogP contribution is 2.51. The maximum Gasteiger partial charge on any atom is 0.260 e. The predicted octanol–water partition coefficient (Wildman–Crippen LogP) is 4.37. The number of hydrogen-bond donors (Lipinski definition) is 2. The average molecular weight is 521 g/mol. The third-order valence-corrected chi connectivity index (χ3v) is 9.00. The second-order valence-electron chi connectivity index (χ2n) is 9.39. The summed E-state index contributed by atoms with van der Waals surface area (Å²) >= 11 is 7.89. The number of fused-ring (bicyclic) bond motifs is 2. The molecule has 0 bridgehead atoms. The Morgan fingerprint density at radius 1 is 1.17 bits per heavy atom. The molecule has 2 aromatic carbocycles. The van der Waals surface area contributed by atoms with Crippen LogP contribution in [0.2, 0.25) is 5.02 Å². The van der Waals surface area contributed by atoms with Crippen molar-refractivity contribution in [3.8, 4) is 5.75 Å². The molecule has 0 amide bonds. The third kappa shape index (κ3) is 3.91. The molecule has 1 aliphatic carbocycles. The summed E-state index contributed by atoms with van der Waals surface area (Å²) in [5.74, 6) is 1.71. The number of aromatic nitrogens is 4. The molecule has 1 fully saturated rings. The Kier molecular flexibility index (Phi) is 5.86. The van der Waals surface area contributed by atoms with Gasteiger partial charge in [-0.2, -0.15) is 0 Å². The number of piperidine rings is 1. The van der Waals surface area contributed by atoms with E-state index >= 15 is 0 Å². The Morgan fingerprint density at radius 3 is 2.75 bits per heavy atom. The lowest BCUT2D eigenvalue weighted by Gasteiger charge is -2.42. The van der Waals surface area contributed by atoms with Gasteiger partial charge in [-0.1, -0.05) is 29.4 Å². The van der Waals surface area contributed by atoms with Crippen LogP contribution in [0.3, 0.4) is 0 Å². The number of anilines is 1. The van der Waals surface area contributed by atoms with E-state index in [1.165, 1.54) is 29.2 Å². The van der Waals surface area contributed by atoms with Crippen molar-refractivity contribution in [3.63, 3.8) is 0 Å². The first kappa shape index (κ1) is 23.3. The molecule has 10 heteroatoms. The molecule has 36 heavy (non-hydrogen) atoms. The average Bonchev–Trinajstić information content (AvgIpc) is 3.17. The summed E-state index contributed by atoms with van der Waals surface area (Å²) in [6.45, 7) is 1.76. The first-order chi connectivity index (χ1) is 17.5. The first-order valence-corrected chi connectivity index (χ1v) is 13.0. The van der Waals surface area contributed by atoms with Crippen LogP contribution < -0.4 is 20.9 Å². The van der Waals surface area contributed by atoms with Crippen molar-refractivity contribution in [3.05, 3.63) is 75.6 Å². The summed E-state index contributed by atoms with van der Waals surface area (Å²) in [5, 5.41) is 1.45. The molecular weight excluding hydrogens is 496 g/mol. The van der Waals surface area contributed by atoms with Crippen LogP contribution in [0, 0.1) is 5.41 Å². The fraction of sp³-hybridized carbons (Fsp3) is 0.308. The van der Waals surface area contributed by atoms with E-state index < -0.39 is 0 Å². The van der Waals surface area contributed by atoms with Gasteiger partial charge in [-0.3, -0.25) is 4.79 Å². The lowest BCUT2D eigenvalue weighted by atomic mass is 9.73. The topological polar surface area (TPSA) is 110 Å². The standard InChI is InChI=1S/C26H25ClN6O2S/c1-35-16-3-2-15-11-26(24(28)17(15)10-16)6-8-33(9-7-26)20-12-30-21(13-29-20)36-19-5-4-18-22(23(19)27)25(34)32-14-31-18/h2-5,10,12-14,24H,6-9,11,28H2,1H3,(H,31,32,34)/t24-/m1/s1. The Bertz CT molecular complexity index is 1500. The van der Waals surface area contributed by atoms with Gasteiger partial charge in [0, 0.05) is 24.0 Å². The minimum atomic E-state index is -0.263. The molecule has 0 saturated carbocycles. The van der Waals surface area contributed by atoms with Gasteiger partial charge < -0.3 is 20.4 Å². The molecule has 0 unspecified atom stereocenters. The normalized spacial score (nSPS) is 18.5. The highest BCUT2D eigenvalue weighted by atomic mass is 35.5. The zero-order valence-electron chi connectivity index (χ0n) is 19.7. The quantitative estimate of drug-likeness (QED) is 0.408. The van der Waals surface area contributed by atoms with Crippen LogP contribution in [0.15, 0.2) is 63.8 Å².